The lowest BCUT2D eigenvalue weighted by atomic mass is 9.96. The van der Waals surface area contributed by atoms with Gasteiger partial charge in [0.05, 0.1) is 5.69 Å². The van der Waals surface area contributed by atoms with Crippen LogP contribution in [0.4, 0.5) is 0 Å². The summed E-state index contributed by atoms with van der Waals surface area (Å²) in [5, 5.41) is 3.98. The molecule has 0 saturated heterocycles. The summed E-state index contributed by atoms with van der Waals surface area (Å²) in [4.78, 5) is 8.50. The van der Waals surface area contributed by atoms with Crippen LogP contribution in [-0.2, 0) is 12.0 Å². The molecule has 98 valence electrons. The van der Waals surface area contributed by atoms with Gasteiger partial charge >= 0.3 is 0 Å². The van der Waals surface area contributed by atoms with Crippen LogP contribution in [0.3, 0.4) is 0 Å². The Morgan fingerprint density at radius 3 is 2.61 bits per heavy atom. The molecule has 0 saturated carbocycles. The molecule has 0 aliphatic heterocycles. The first-order valence-corrected chi connectivity index (χ1v) is 5.50. The van der Waals surface area contributed by atoms with E-state index in [1.54, 1.807) is 6.20 Å². The number of hydrogen-bond acceptors (Lipinski definition) is 5. The summed E-state index contributed by atoms with van der Waals surface area (Å²) in [6.07, 6.45) is 1.69. The molecular weight excluding hydrogens is 252 g/mol. The van der Waals surface area contributed by atoms with Crippen LogP contribution in [-0.4, -0.2) is 15.1 Å². The Morgan fingerprint density at radius 1 is 1.33 bits per heavy atom. The highest BCUT2D eigenvalue weighted by Gasteiger charge is 2.21. The molecule has 2 aromatic rings. The lowest BCUT2D eigenvalue weighted by molar-refractivity contribution is 0.402. The second-order valence-corrected chi connectivity index (χ2v) is 4.91. The maximum atomic E-state index is 5.54. The molecule has 0 spiro atoms. The topological polar surface area (TPSA) is 77.8 Å². The first-order valence-electron chi connectivity index (χ1n) is 5.50. The van der Waals surface area contributed by atoms with Crippen LogP contribution in [0.25, 0.3) is 11.5 Å². The van der Waals surface area contributed by atoms with E-state index >= 15 is 0 Å². The molecule has 2 heterocycles. The summed E-state index contributed by atoms with van der Waals surface area (Å²) in [5.74, 6) is 1.20. The minimum Gasteiger partial charge on any atom is -0.334 e. The van der Waals surface area contributed by atoms with Gasteiger partial charge in [0.2, 0.25) is 0 Å². The molecule has 0 amide bonds. The zero-order valence-electron chi connectivity index (χ0n) is 10.7. The van der Waals surface area contributed by atoms with E-state index in [2.05, 4.69) is 15.1 Å². The first kappa shape index (κ1) is 14.6. The zero-order chi connectivity index (χ0) is 12.5. The van der Waals surface area contributed by atoms with Crippen LogP contribution in [0, 0.1) is 0 Å². The Labute approximate surface area is 112 Å². The summed E-state index contributed by atoms with van der Waals surface area (Å²) < 4.78 is 5.25. The number of nitrogens with zero attached hydrogens (tertiary/aromatic N) is 3. The van der Waals surface area contributed by atoms with Gasteiger partial charge in [-0.05, 0) is 12.1 Å². The van der Waals surface area contributed by atoms with Crippen molar-refractivity contribution < 1.29 is 4.52 Å². The van der Waals surface area contributed by atoms with Crippen LogP contribution in [0.2, 0.25) is 0 Å². The van der Waals surface area contributed by atoms with E-state index in [9.17, 15) is 0 Å². The highest BCUT2D eigenvalue weighted by atomic mass is 35.5. The zero-order valence-corrected chi connectivity index (χ0v) is 11.5. The molecule has 0 unspecified atom stereocenters. The minimum atomic E-state index is -0.120. The molecule has 0 atom stereocenters. The molecule has 5 nitrogen and oxygen atoms in total. The maximum Gasteiger partial charge on any atom is 0.258 e. The summed E-state index contributed by atoms with van der Waals surface area (Å²) in [6.45, 7) is 6.52. The van der Waals surface area contributed by atoms with Gasteiger partial charge in [-0.25, -0.2) is 0 Å². The second-order valence-electron chi connectivity index (χ2n) is 4.91. The largest absolute Gasteiger partial charge is 0.334 e. The fourth-order valence-electron chi connectivity index (χ4n) is 1.37. The lowest BCUT2D eigenvalue weighted by Crippen LogP contribution is -2.13. The van der Waals surface area contributed by atoms with Crippen molar-refractivity contribution in [3.8, 4) is 11.5 Å². The molecule has 0 fully saturated rings. The molecule has 2 N–H and O–H groups in total. The molecular formula is C12H17ClN4O. The van der Waals surface area contributed by atoms with E-state index in [0.29, 0.717) is 18.3 Å². The van der Waals surface area contributed by atoms with Crippen LogP contribution in [0.5, 0.6) is 0 Å². The van der Waals surface area contributed by atoms with Gasteiger partial charge in [-0.15, -0.1) is 12.4 Å². The third-order valence-corrected chi connectivity index (χ3v) is 2.37. The van der Waals surface area contributed by atoms with Crippen molar-refractivity contribution in [2.45, 2.75) is 32.7 Å². The van der Waals surface area contributed by atoms with Gasteiger partial charge in [0, 0.05) is 23.7 Å². The molecule has 0 aliphatic carbocycles. The average molecular weight is 269 g/mol. The number of hydrogen-bond donors (Lipinski definition) is 1. The molecule has 0 aliphatic rings. The summed E-state index contributed by atoms with van der Waals surface area (Å²) in [7, 11) is 0. The van der Waals surface area contributed by atoms with Gasteiger partial charge in [-0.1, -0.05) is 25.9 Å². The van der Waals surface area contributed by atoms with Crippen molar-refractivity contribution >= 4 is 12.4 Å². The quantitative estimate of drug-likeness (QED) is 0.904. The number of nitrogens with two attached hydrogens (primary N) is 1. The molecule has 0 aromatic carbocycles. The van der Waals surface area contributed by atoms with Crippen LogP contribution in [0.15, 0.2) is 22.9 Å². The number of aromatic nitrogens is 3. The minimum absolute atomic E-state index is 0. The van der Waals surface area contributed by atoms with Crippen molar-refractivity contribution in [3.63, 3.8) is 0 Å². The van der Waals surface area contributed by atoms with Crippen molar-refractivity contribution in [3.05, 3.63) is 29.8 Å². The van der Waals surface area contributed by atoms with E-state index in [-0.39, 0.29) is 17.8 Å². The van der Waals surface area contributed by atoms with Gasteiger partial charge in [-0.3, -0.25) is 4.98 Å². The van der Waals surface area contributed by atoms with E-state index in [0.717, 1.165) is 11.3 Å². The highest BCUT2D eigenvalue weighted by molar-refractivity contribution is 5.85. The third-order valence-electron chi connectivity index (χ3n) is 2.37. The number of pyridine rings is 1. The van der Waals surface area contributed by atoms with Crippen LogP contribution in [0.1, 0.15) is 32.3 Å². The Bertz CT molecular complexity index is 519. The van der Waals surface area contributed by atoms with Gasteiger partial charge < -0.3 is 10.3 Å². The first-order chi connectivity index (χ1) is 8.00. The second kappa shape index (κ2) is 5.46. The van der Waals surface area contributed by atoms with Crippen LogP contribution < -0.4 is 5.73 Å². The normalized spacial score (nSPS) is 11.1. The smallest absolute Gasteiger partial charge is 0.258 e. The Balaban J connectivity index is 0.00000162. The SMILES string of the molecule is CC(C)(C)c1noc(-c2ccnc(CN)c2)n1.Cl. The monoisotopic (exact) mass is 268 g/mol. The fourth-order valence-corrected chi connectivity index (χ4v) is 1.37. The summed E-state index contributed by atoms with van der Waals surface area (Å²) in [6, 6.07) is 3.69. The van der Waals surface area contributed by atoms with Gasteiger partial charge in [0.1, 0.15) is 0 Å². The highest BCUT2D eigenvalue weighted by Crippen LogP contribution is 2.23. The lowest BCUT2D eigenvalue weighted by Gasteiger charge is -2.10. The molecule has 0 radical (unpaired) electrons. The predicted molar refractivity (Wildman–Crippen MR) is 71.4 cm³/mol. The Kier molecular flexibility index (Phi) is 4.43. The van der Waals surface area contributed by atoms with Gasteiger partial charge in [0.15, 0.2) is 5.82 Å². The third kappa shape index (κ3) is 3.05. The van der Waals surface area contributed by atoms with Crippen molar-refractivity contribution in [1.82, 2.24) is 15.1 Å². The molecule has 2 rings (SSSR count). The van der Waals surface area contributed by atoms with Crippen molar-refractivity contribution in [2.24, 2.45) is 5.73 Å². The van der Waals surface area contributed by atoms with E-state index < -0.39 is 0 Å². The Hall–Kier alpha value is -1.46. The predicted octanol–water partition coefficient (Wildman–Crippen LogP) is 2.31. The van der Waals surface area contributed by atoms with Crippen molar-refractivity contribution in [2.75, 3.05) is 0 Å². The van der Waals surface area contributed by atoms with E-state index in [1.165, 1.54) is 0 Å². The molecule has 6 heteroatoms. The van der Waals surface area contributed by atoms with E-state index in [1.807, 2.05) is 32.9 Å². The summed E-state index contributed by atoms with van der Waals surface area (Å²) in [5.41, 5.74) is 7.08. The van der Waals surface area contributed by atoms with Gasteiger partial charge in [-0.2, -0.15) is 4.98 Å². The van der Waals surface area contributed by atoms with Crippen LogP contribution >= 0.6 is 12.4 Å². The average Bonchev–Trinajstić information content (AvgIpc) is 2.78. The van der Waals surface area contributed by atoms with Crippen molar-refractivity contribution in [1.29, 1.82) is 0 Å². The van der Waals surface area contributed by atoms with E-state index in [4.69, 9.17) is 10.3 Å². The Morgan fingerprint density at radius 2 is 2.06 bits per heavy atom. The molecule has 2 aromatic heterocycles. The standard InChI is InChI=1S/C12H16N4O.ClH/c1-12(2,3)11-15-10(17-16-11)8-4-5-14-9(6-8)7-13;/h4-6H,7,13H2,1-3H3;1H. The summed E-state index contributed by atoms with van der Waals surface area (Å²) >= 11 is 0. The number of halogens is 1. The maximum absolute atomic E-state index is 5.54. The molecule has 18 heavy (non-hydrogen) atoms. The number of rotatable bonds is 2. The molecule has 0 bridgehead atoms. The van der Waals surface area contributed by atoms with Gasteiger partial charge in [0.25, 0.3) is 5.89 Å². The fraction of sp³-hybridized carbons (Fsp3) is 0.417.